The molecule has 2 heterocycles. The molecule has 0 saturated carbocycles. The van der Waals surface area contributed by atoms with Crippen LogP contribution < -0.4 is 10.6 Å². The first-order chi connectivity index (χ1) is 17.4. The number of allylic oxidation sites excluding steroid dienone is 1. The molecule has 0 bridgehead atoms. The van der Waals surface area contributed by atoms with Gasteiger partial charge in [0, 0.05) is 27.7 Å². The van der Waals surface area contributed by atoms with Crippen LogP contribution in [0.5, 0.6) is 0 Å². The van der Waals surface area contributed by atoms with Gasteiger partial charge in [-0.15, -0.1) is 5.10 Å². The lowest BCUT2D eigenvalue weighted by atomic mass is 9.94. The number of amides is 1. The van der Waals surface area contributed by atoms with Crippen LogP contribution in [0.4, 0.5) is 16.0 Å². The van der Waals surface area contributed by atoms with Crippen LogP contribution in [0.2, 0.25) is 5.02 Å². The van der Waals surface area contributed by atoms with Gasteiger partial charge in [-0.2, -0.15) is 4.98 Å². The van der Waals surface area contributed by atoms with Crippen LogP contribution in [0.1, 0.15) is 29.7 Å². The van der Waals surface area contributed by atoms with Crippen LogP contribution >= 0.6 is 23.4 Å². The molecule has 1 amide bonds. The van der Waals surface area contributed by atoms with Gasteiger partial charge < -0.3 is 10.6 Å². The molecular formula is C27H23ClFN5OS. The molecule has 3 aromatic carbocycles. The molecule has 0 unspecified atom stereocenters. The van der Waals surface area contributed by atoms with Gasteiger partial charge in [-0.3, -0.25) is 4.79 Å². The molecule has 1 atom stereocenters. The number of aromatic nitrogens is 3. The summed E-state index contributed by atoms with van der Waals surface area (Å²) in [6.07, 6.45) is 0. The standard InChI is InChI=1S/C27H23ClFN5OS/c1-16-6-5-7-18(14-16)15-36-27-32-26-30-17(2)23(25(35)31-20-12-10-19(28)11-13-20)24(34(26)33-27)21-8-3-4-9-22(21)29/h3-14,24H,15H2,1-2H3,(H,31,35)(H,30,32,33)/t24-/m0/s1. The van der Waals surface area contributed by atoms with E-state index in [4.69, 9.17) is 11.6 Å². The number of carbonyl (C=O) groups is 1. The Morgan fingerprint density at radius 2 is 1.89 bits per heavy atom. The van der Waals surface area contributed by atoms with Crippen molar-refractivity contribution in [2.75, 3.05) is 10.6 Å². The summed E-state index contributed by atoms with van der Waals surface area (Å²) in [5.74, 6) is 0.344. The molecule has 0 saturated heterocycles. The molecule has 9 heteroatoms. The molecule has 5 rings (SSSR count). The Morgan fingerprint density at radius 3 is 2.64 bits per heavy atom. The molecule has 2 N–H and O–H groups in total. The summed E-state index contributed by atoms with van der Waals surface area (Å²) >= 11 is 7.46. The highest BCUT2D eigenvalue weighted by Gasteiger charge is 2.35. The number of anilines is 2. The fourth-order valence-electron chi connectivity index (χ4n) is 4.15. The zero-order valence-electron chi connectivity index (χ0n) is 19.6. The molecule has 0 radical (unpaired) electrons. The third-order valence-corrected chi connectivity index (χ3v) is 6.99. The van der Waals surface area contributed by atoms with Crippen molar-refractivity contribution in [3.05, 3.63) is 112 Å². The number of benzene rings is 3. The molecule has 6 nitrogen and oxygen atoms in total. The van der Waals surface area contributed by atoms with Gasteiger partial charge in [0.05, 0.1) is 5.57 Å². The van der Waals surface area contributed by atoms with E-state index in [1.807, 2.05) is 6.07 Å². The number of nitrogens with zero attached hydrogens (tertiary/aromatic N) is 3. The maximum atomic E-state index is 15.1. The Morgan fingerprint density at radius 1 is 1.11 bits per heavy atom. The molecule has 0 spiro atoms. The normalized spacial score (nSPS) is 14.8. The zero-order valence-corrected chi connectivity index (χ0v) is 21.2. The molecule has 182 valence electrons. The van der Waals surface area contributed by atoms with Crippen molar-refractivity contribution >= 4 is 40.9 Å². The molecule has 1 aliphatic rings. The smallest absolute Gasteiger partial charge is 0.255 e. The second-order valence-electron chi connectivity index (χ2n) is 8.49. The minimum Gasteiger partial charge on any atom is -0.328 e. The van der Waals surface area contributed by atoms with Gasteiger partial charge >= 0.3 is 0 Å². The highest BCUT2D eigenvalue weighted by molar-refractivity contribution is 7.98. The number of halogens is 2. The van der Waals surface area contributed by atoms with Gasteiger partial charge in [-0.25, -0.2) is 9.07 Å². The van der Waals surface area contributed by atoms with Crippen molar-refractivity contribution in [1.29, 1.82) is 0 Å². The van der Waals surface area contributed by atoms with Gasteiger partial charge in [0.2, 0.25) is 11.1 Å². The molecule has 36 heavy (non-hydrogen) atoms. The van der Waals surface area contributed by atoms with Crippen molar-refractivity contribution < 1.29 is 9.18 Å². The second-order valence-corrected chi connectivity index (χ2v) is 9.87. The third kappa shape index (κ3) is 5.01. The van der Waals surface area contributed by atoms with Crippen LogP contribution in [-0.2, 0) is 10.5 Å². The van der Waals surface area contributed by atoms with Crippen molar-refractivity contribution in [2.45, 2.75) is 30.8 Å². The SMILES string of the molecule is CC1=C(C(=O)Nc2ccc(Cl)cc2)[C@H](c2ccccc2F)n2nc(SCc3cccc(C)c3)nc2N1. The van der Waals surface area contributed by atoms with Crippen LogP contribution in [0.3, 0.4) is 0 Å². The number of thioether (sulfide) groups is 1. The van der Waals surface area contributed by atoms with Gasteiger partial charge in [0.1, 0.15) is 11.9 Å². The minimum atomic E-state index is -0.796. The first kappa shape index (κ1) is 24.1. The van der Waals surface area contributed by atoms with Crippen LogP contribution in [0.25, 0.3) is 0 Å². The summed E-state index contributed by atoms with van der Waals surface area (Å²) in [6, 6.07) is 20.7. The number of fused-ring (bicyclic) bond motifs is 1. The van der Waals surface area contributed by atoms with Crippen molar-refractivity contribution in [1.82, 2.24) is 14.8 Å². The van der Waals surface area contributed by atoms with E-state index < -0.39 is 11.9 Å². The van der Waals surface area contributed by atoms with Gasteiger partial charge in [-0.1, -0.05) is 71.4 Å². The fourth-order valence-corrected chi connectivity index (χ4v) is 5.05. The average Bonchev–Trinajstić information content (AvgIpc) is 3.26. The van der Waals surface area contributed by atoms with E-state index in [0.29, 0.717) is 44.4 Å². The first-order valence-electron chi connectivity index (χ1n) is 11.3. The predicted molar refractivity (Wildman–Crippen MR) is 142 cm³/mol. The summed E-state index contributed by atoms with van der Waals surface area (Å²) in [4.78, 5) is 18.1. The number of rotatable bonds is 6. The Bertz CT molecular complexity index is 1470. The Hall–Kier alpha value is -3.62. The summed E-state index contributed by atoms with van der Waals surface area (Å²) in [7, 11) is 0. The fraction of sp³-hybridized carbons (Fsp3) is 0.148. The zero-order chi connectivity index (χ0) is 25.2. The van der Waals surface area contributed by atoms with Crippen molar-refractivity contribution in [2.24, 2.45) is 0 Å². The monoisotopic (exact) mass is 519 g/mol. The van der Waals surface area contributed by atoms with Gasteiger partial charge in [0.15, 0.2) is 0 Å². The molecule has 4 aromatic rings. The lowest BCUT2D eigenvalue weighted by Gasteiger charge is -2.28. The maximum absolute atomic E-state index is 15.1. The van der Waals surface area contributed by atoms with E-state index in [1.165, 1.54) is 23.4 Å². The average molecular weight is 520 g/mol. The summed E-state index contributed by atoms with van der Waals surface area (Å²) in [5.41, 5.74) is 4.18. The number of hydrogen-bond donors (Lipinski definition) is 2. The quantitative estimate of drug-likeness (QED) is 0.281. The maximum Gasteiger partial charge on any atom is 0.255 e. The predicted octanol–water partition coefficient (Wildman–Crippen LogP) is 6.60. The Kier molecular flexibility index (Phi) is 6.80. The van der Waals surface area contributed by atoms with E-state index in [2.05, 4.69) is 45.8 Å². The third-order valence-electron chi connectivity index (χ3n) is 5.83. The van der Waals surface area contributed by atoms with Crippen molar-refractivity contribution in [3.63, 3.8) is 0 Å². The van der Waals surface area contributed by atoms with Crippen LogP contribution in [-0.4, -0.2) is 20.7 Å². The summed E-state index contributed by atoms with van der Waals surface area (Å²) in [6.45, 7) is 3.83. The summed E-state index contributed by atoms with van der Waals surface area (Å²) in [5, 5.41) is 11.9. The second kappa shape index (κ2) is 10.2. The van der Waals surface area contributed by atoms with Crippen LogP contribution in [0, 0.1) is 12.7 Å². The largest absolute Gasteiger partial charge is 0.328 e. The highest BCUT2D eigenvalue weighted by atomic mass is 35.5. The molecular weight excluding hydrogens is 497 g/mol. The summed E-state index contributed by atoms with van der Waals surface area (Å²) < 4.78 is 16.6. The van der Waals surface area contributed by atoms with Gasteiger partial charge in [0.25, 0.3) is 5.91 Å². The minimum absolute atomic E-state index is 0.334. The van der Waals surface area contributed by atoms with E-state index in [9.17, 15) is 4.79 Å². The van der Waals surface area contributed by atoms with Crippen LogP contribution in [0.15, 0.2) is 89.2 Å². The molecule has 0 fully saturated rings. The molecule has 0 aliphatic carbocycles. The molecule has 1 aliphatic heterocycles. The topological polar surface area (TPSA) is 71.8 Å². The number of aryl methyl sites for hydroxylation is 1. The molecule has 1 aromatic heterocycles. The van der Waals surface area contributed by atoms with Gasteiger partial charge in [-0.05, 0) is 49.7 Å². The Labute approximate surface area is 217 Å². The van der Waals surface area contributed by atoms with E-state index in [0.717, 1.165) is 5.56 Å². The van der Waals surface area contributed by atoms with E-state index in [-0.39, 0.29) is 5.91 Å². The lowest BCUT2D eigenvalue weighted by Crippen LogP contribution is -2.32. The Balaban J connectivity index is 1.49. The lowest BCUT2D eigenvalue weighted by molar-refractivity contribution is -0.113. The van der Waals surface area contributed by atoms with E-state index >= 15 is 4.39 Å². The van der Waals surface area contributed by atoms with Crippen molar-refractivity contribution in [3.8, 4) is 0 Å². The number of nitrogens with one attached hydrogen (secondary N) is 2. The number of hydrogen-bond acceptors (Lipinski definition) is 5. The number of carbonyl (C=O) groups excluding carboxylic acids is 1. The first-order valence-corrected chi connectivity index (χ1v) is 12.7. The highest BCUT2D eigenvalue weighted by Crippen LogP contribution is 2.38. The van der Waals surface area contributed by atoms with E-state index in [1.54, 1.807) is 54.1 Å².